The fourth-order valence-electron chi connectivity index (χ4n) is 2.91. The van der Waals surface area contributed by atoms with E-state index >= 15 is 0 Å². The van der Waals surface area contributed by atoms with Crippen LogP contribution in [0.25, 0.3) is 11.0 Å². The van der Waals surface area contributed by atoms with E-state index in [0.717, 1.165) is 11.6 Å². The Bertz CT molecular complexity index is 1400. The molecule has 7 nitrogen and oxygen atoms in total. The Morgan fingerprint density at radius 1 is 0.903 bits per heavy atom. The minimum Gasteiger partial charge on any atom is -0.489 e. The van der Waals surface area contributed by atoms with Gasteiger partial charge < -0.3 is 9.15 Å². The molecule has 0 saturated heterocycles. The van der Waals surface area contributed by atoms with Crippen LogP contribution in [0, 0.1) is 0 Å². The van der Waals surface area contributed by atoms with E-state index in [1.165, 1.54) is 36.4 Å². The normalized spacial score (nSPS) is 11.2. The molecule has 0 atom stereocenters. The molecule has 156 valence electrons. The van der Waals surface area contributed by atoms with Gasteiger partial charge in [-0.15, -0.1) is 0 Å². The van der Waals surface area contributed by atoms with Crippen molar-refractivity contribution in [3.8, 4) is 5.75 Å². The number of nitrogens with one attached hydrogen (secondary N) is 1. The predicted molar refractivity (Wildman–Crippen MR) is 114 cm³/mol. The maximum atomic E-state index is 12.5. The summed E-state index contributed by atoms with van der Waals surface area (Å²) in [5, 5.41) is 0.216. The molecule has 0 aliphatic heterocycles. The Kier molecular flexibility index (Phi) is 5.55. The maximum absolute atomic E-state index is 12.5. The van der Waals surface area contributed by atoms with Gasteiger partial charge >= 0.3 is 5.91 Å². The van der Waals surface area contributed by atoms with Crippen LogP contribution in [-0.4, -0.2) is 14.3 Å². The molecule has 31 heavy (non-hydrogen) atoms. The van der Waals surface area contributed by atoms with Crippen molar-refractivity contribution < 1.29 is 22.4 Å². The Hall–Kier alpha value is -3.91. The topological polar surface area (TPSA) is 103 Å². The van der Waals surface area contributed by atoms with Gasteiger partial charge in [0.25, 0.3) is 10.0 Å². The molecular weight excluding hydrogens is 418 g/mol. The fourth-order valence-corrected chi connectivity index (χ4v) is 3.89. The van der Waals surface area contributed by atoms with Crippen LogP contribution in [0.15, 0.2) is 99.0 Å². The second kappa shape index (κ2) is 8.45. The van der Waals surface area contributed by atoms with Crippen molar-refractivity contribution in [2.24, 2.45) is 0 Å². The lowest BCUT2D eigenvalue weighted by Gasteiger charge is -2.09. The smallest absolute Gasteiger partial charge is 0.300 e. The first-order chi connectivity index (χ1) is 14.9. The highest BCUT2D eigenvalue weighted by Crippen LogP contribution is 2.21. The maximum Gasteiger partial charge on any atom is 0.300 e. The summed E-state index contributed by atoms with van der Waals surface area (Å²) in [7, 11) is -4.10. The fraction of sp³-hybridized carbons (Fsp3) is 0.0435. The van der Waals surface area contributed by atoms with Crippen molar-refractivity contribution in [3.63, 3.8) is 0 Å². The highest BCUT2D eigenvalue weighted by molar-refractivity contribution is 7.90. The molecule has 0 radical (unpaired) electrons. The molecule has 0 spiro atoms. The number of hydrogen-bond acceptors (Lipinski definition) is 6. The van der Waals surface area contributed by atoms with Crippen molar-refractivity contribution >= 4 is 26.9 Å². The van der Waals surface area contributed by atoms with Gasteiger partial charge in [0.2, 0.25) is 0 Å². The average Bonchev–Trinajstić information content (AvgIpc) is 2.79. The van der Waals surface area contributed by atoms with Crippen molar-refractivity contribution in [1.29, 1.82) is 0 Å². The van der Waals surface area contributed by atoms with Crippen LogP contribution in [0.3, 0.4) is 0 Å². The first-order valence-electron chi connectivity index (χ1n) is 9.29. The molecule has 1 heterocycles. The molecule has 8 heteroatoms. The number of amides is 1. The summed E-state index contributed by atoms with van der Waals surface area (Å²) in [6.07, 6.45) is 0. The van der Waals surface area contributed by atoms with Crippen molar-refractivity contribution in [1.82, 2.24) is 4.72 Å². The van der Waals surface area contributed by atoms with E-state index in [1.54, 1.807) is 12.1 Å². The third kappa shape index (κ3) is 4.65. The summed E-state index contributed by atoms with van der Waals surface area (Å²) >= 11 is 0. The second-order valence-corrected chi connectivity index (χ2v) is 8.34. The SMILES string of the molecule is O=C(NS(=O)(=O)c1ccccc1)c1cc(=O)c2cc(OCc3ccccc3)ccc2o1. The van der Waals surface area contributed by atoms with Crippen LogP contribution in [0.1, 0.15) is 16.1 Å². The summed E-state index contributed by atoms with van der Waals surface area (Å²) in [6, 6.07) is 22.6. The summed E-state index contributed by atoms with van der Waals surface area (Å²) in [5.41, 5.74) is 0.622. The monoisotopic (exact) mass is 435 g/mol. The summed E-state index contributed by atoms with van der Waals surface area (Å²) in [6.45, 7) is 0.329. The van der Waals surface area contributed by atoms with Gasteiger partial charge in [-0.2, -0.15) is 0 Å². The zero-order valence-corrected chi connectivity index (χ0v) is 17.0. The summed E-state index contributed by atoms with van der Waals surface area (Å²) < 4.78 is 37.7. The van der Waals surface area contributed by atoms with Gasteiger partial charge in [-0.05, 0) is 35.9 Å². The molecule has 1 N–H and O–H groups in total. The highest BCUT2D eigenvalue weighted by atomic mass is 32.2. The van der Waals surface area contributed by atoms with E-state index < -0.39 is 27.1 Å². The van der Waals surface area contributed by atoms with E-state index in [-0.39, 0.29) is 15.9 Å². The van der Waals surface area contributed by atoms with Crippen LogP contribution < -0.4 is 14.9 Å². The van der Waals surface area contributed by atoms with E-state index in [4.69, 9.17) is 9.15 Å². The number of rotatable bonds is 6. The lowest BCUT2D eigenvalue weighted by Crippen LogP contribution is -2.31. The number of fused-ring (bicyclic) bond motifs is 1. The molecule has 3 aromatic carbocycles. The van der Waals surface area contributed by atoms with Crippen LogP contribution in [-0.2, 0) is 16.6 Å². The first-order valence-corrected chi connectivity index (χ1v) is 10.8. The standard InChI is InChI=1S/C23H17NO6S/c25-20-14-22(23(26)24-31(27,28)18-9-5-2-6-10-18)30-21-12-11-17(13-19(20)21)29-15-16-7-3-1-4-8-16/h1-14H,15H2,(H,24,26). The molecule has 1 aromatic heterocycles. The predicted octanol–water partition coefficient (Wildman–Crippen LogP) is 3.49. The Balaban J connectivity index is 1.56. The zero-order chi connectivity index (χ0) is 21.8. The number of carbonyl (C=O) groups is 1. The van der Waals surface area contributed by atoms with E-state index in [1.807, 2.05) is 35.1 Å². The Morgan fingerprint density at radius 3 is 2.29 bits per heavy atom. The molecule has 0 aliphatic carbocycles. The minimum atomic E-state index is -4.10. The molecule has 1 amide bonds. The highest BCUT2D eigenvalue weighted by Gasteiger charge is 2.21. The van der Waals surface area contributed by atoms with Gasteiger partial charge in [-0.3, -0.25) is 9.59 Å². The average molecular weight is 435 g/mol. The first kappa shape index (κ1) is 20.4. The second-order valence-electron chi connectivity index (χ2n) is 6.65. The lowest BCUT2D eigenvalue weighted by molar-refractivity contribution is 0.0955. The van der Waals surface area contributed by atoms with Crippen LogP contribution >= 0.6 is 0 Å². The Morgan fingerprint density at radius 2 is 1.58 bits per heavy atom. The molecular formula is C23H17NO6S. The molecule has 0 aliphatic rings. The largest absolute Gasteiger partial charge is 0.489 e. The van der Waals surface area contributed by atoms with Gasteiger partial charge in [-0.25, -0.2) is 13.1 Å². The molecule has 0 bridgehead atoms. The van der Waals surface area contributed by atoms with Gasteiger partial charge in [0, 0.05) is 6.07 Å². The molecule has 4 aromatic rings. The van der Waals surface area contributed by atoms with Crippen LogP contribution in [0.5, 0.6) is 5.75 Å². The quantitative estimate of drug-likeness (QED) is 0.497. The number of ether oxygens (including phenoxy) is 1. The van der Waals surface area contributed by atoms with Crippen molar-refractivity contribution in [2.45, 2.75) is 11.5 Å². The van der Waals surface area contributed by atoms with Crippen LogP contribution in [0.4, 0.5) is 0 Å². The number of benzene rings is 3. The van der Waals surface area contributed by atoms with Crippen LogP contribution in [0.2, 0.25) is 0 Å². The van der Waals surface area contributed by atoms with Gasteiger partial charge in [0.05, 0.1) is 10.3 Å². The van der Waals surface area contributed by atoms with E-state index in [0.29, 0.717) is 12.4 Å². The minimum absolute atomic E-state index is 0.0771. The van der Waals surface area contributed by atoms with Gasteiger partial charge in [0.1, 0.15) is 17.9 Å². The number of hydrogen-bond donors (Lipinski definition) is 1. The van der Waals surface area contributed by atoms with E-state index in [2.05, 4.69) is 0 Å². The molecule has 0 unspecified atom stereocenters. The van der Waals surface area contributed by atoms with Gasteiger partial charge in [-0.1, -0.05) is 48.5 Å². The van der Waals surface area contributed by atoms with Gasteiger partial charge in [0.15, 0.2) is 11.2 Å². The van der Waals surface area contributed by atoms with E-state index in [9.17, 15) is 18.0 Å². The lowest BCUT2D eigenvalue weighted by atomic mass is 10.2. The summed E-state index contributed by atoms with van der Waals surface area (Å²) in [4.78, 5) is 24.9. The Labute approximate surface area is 178 Å². The number of sulfonamides is 1. The third-order valence-corrected chi connectivity index (χ3v) is 5.80. The van der Waals surface area contributed by atoms with Crippen molar-refractivity contribution in [3.05, 3.63) is 106 Å². The number of carbonyl (C=O) groups excluding carboxylic acids is 1. The zero-order valence-electron chi connectivity index (χ0n) is 16.1. The molecule has 4 rings (SSSR count). The summed E-state index contributed by atoms with van der Waals surface area (Å²) in [5.74, 6) is -0.977. The molecule has 0 fully saturated rings. The molecule has 0 saturated carbocycles. The van der Waals surface area contributed by atoms with Crippen molar-refractivity contribution in [2.75, 3.05) is 0 Å². The third-order valence-electron chi connectivity index (χ3n) is 4.45.